The van der Waals surface area contributed by atoms with Crippen molar-refractivity contribution in [1.29, 1.82) is 0 Å². The number of ether oxygens (including phenoxy) is 1. The highest BCUT2D eigenvalue weighted by molar-refractivity contribution is 6.31. The van der Waals surface area contributed by atoms with Crippen LogP contribution in [0.4, 0.5) is 10.1 Å². The van der Waals surface area contributed by atoms with Gasteiger partial charge in [-0.15, -0.1) is 0 Å². The highest BCUT2D eigenvalue weighted by atomic mass is 35.5. The van der Waals surface area contributed by atoms with Gasteiger partial charge in [0.05, 0.1) is 27.5 Å². The lowest BCUT2D eigenvalue weighted by molar-refractivity contribution is -0.127. The molecule has 1 aromatic heterocycles. The van der Waals surface area contributed by atoms with Gasteiger partial charge in [-0.25, -0.2) is 13.9 Å². The van der Waals surface area contributed by atoms with Crippen molar-refractivity contribution in [1.82, 2.24) is 14.7 Å². The van der Waals surface area contributed by atoms with Gasteiger partial charge in [-0.1, -0.05) is 53.1 Å². The van der Waals surface area contributed by atoms with Gasteiger partial charge in [-0.05, 0) is 55.8 Å². The van der Waals surface area contributed by atoms with E-state index < -0.39 is 23.2 Å². The minimum atomic E-state index is -1.31. The monoisotopic (exact) mass is 620 g/mol. The first-order valence-electron chi connectivity index (χ1n) is 13.9. The number of carboxylic acids is 1. The van der Waals surface area contributed by atoms with Crippen LogP contribution in [0.25, 0.3) is 10.9 Å². The molecule has 2 N–H and O–H groups in total. The maximum absolute atomic E-state index is 16.1. The molecule has 1 amide bonds. The van der Waals surface area contributed by atoms with Gasteiger partial charge in [0.2, 0.25) is 11.8 Å². The zero-order valence-corrected chi connectivity index (χ0v) is 24.8. The summed E-state index contributed by atoms with van der Waals surface area (Å²) in [5.41, 5.74) is 1.97. The van der Waals surface area contributed by atoms with E-state index >= 15 is 4.39 Å². The van der Waals surface area contributed by atoms with E-state index in [1.165, 1.54) is 18.2 Å². The normalized spacial score (nSPS) is 24.2. The van der Waals surface area contributed by atoms with E-state index in [-0.39, 0.29) is 41.6 Å². The molecule has 0 bridgehead atoms. The fourth-order valence-corrected chi connectivity index (χ4v) is 7.54. The van der Waals surface area contributed by atoms with Gasteiger partial charge in [-0.2, -0.15) is 5.10 Å². The number of likely N-dealkylation sites (tertiary alicyclic amines) is 1. The van der Waals surface area contributed by atoms with E-state index in [0.29, 0.717) is 45.2 Å². The summed E-state index contributed by atoms with van der Waals surface area (Å²) in [4.78, 5) is 28.2. The van der Waals surface area contributed by atoms with Crippen LogP contribution < -0.4 is 10.1 Å². The Bertz CT molecular complexity index is 1870. The summed E-state index contributed by atoms with van der Waals surface area (Å²) >= 11 is 12.7. The Morgan fingerprint density at radius 1 is 1.21 bits per heavy atom. The third kappa shape index (κ3) is 4.09. The van der Waals surface area contributed by atoms with Crippen molar-refractivity contribution in [3.63, 3.8) is 0 Å². The number of aromatic carboxylic acids is 1. The van der Waals surface area contributed by atoms with Crippen molar-refractivity contribution in [3.8, 4) is 5.88 Å². The number of halogens is 3. The molecule has 4 heterocycles. The van der Waals surface area contributed by atoms with Gasteiger partial charge in [-0.3, -0.25) is 9.69 Å². The molecule has 3 aromatic carbocycles. The highest BCUT2D eigenvalue weighted by Crippen LogP contribution is 2.61. The van der Waals surface area contributed by atoms with Crippen LogP contribution in [0.1, 0.15) is 41.3 Å². The molecule has 7 rings (SSSR count). The number of anilines is 1. The fourth-order valence-electron chi connectivity index (χ4n) is 7.19. The maximum Gasteiger partial charge on any atom is 0.335 e. The van der Waals surface area contributed by atoms with Crippen LogP contribution in [-0.4, -0.2) is 50.9 Å². The standard InChI is InChI=1S/C32H27Cl2FN4O4/c1-16(2)10-11-38-26-15-43-29-19-8-6-17(30(40)41)12-24(19)37-39(29)14-21(26)27(20-4-3-5-23(34)28(20)35)32(38)22-9-7-18(33)13-25(22)36-31(32)42/h3-10,12-13,21,26-27H,11,14-15H2,1-2H3,(H,36,42)(H,40,41)/t21-,26+,27+,32-/m1/s1. The Labute approximate surface area is 256 Å². The minimum Gasteiger partial charge on any atom is -0.478 e. The second-order valence-electron chi connectivity index (χ2n) is 11.5. The second kappa shape index (κ2) is 10.1. The third-order valence-corrected chi connectivity index (χ3v) is 9.46. The second-order valence-corrected chi connectivity index (χ2v) is 12.4. The molecule has 0 unspecified atom stereocenters. The number of allylic oxidation sites excluding steroid dienone is 1. The van der Waals surface area contributed by atoms with Crippen molar-refractivity contribution in [2.75, 3.05) is 18.5 Å². The molecule has 3 aliphatic heterocycles. The molecule has 0 saturated carbocycles. The van der Waals surface area contributed by atoms with E-state index in [1.54, 1.807) is 35.0 Å². The fraction of sp³-hybridized carbons (Fsp3) is 0.281. The molecule has 1 saturated heterocycles. The minimum absolute atomic E-state index is 0.0294. The molecule has 3 aliphatic rings. The van der Waals surface area contributed by atoms with Gasteiger partial charge in [0.1, 0.15) is 18.0 Å². The Morgan fingerprint density at radius 2 is 2.02 bits per heavy atom. The van der Waals surface area contributed by atoms with Gasteiger partial charge in [0, 0.05) is 41.2 Å². The summed E-state index contributed by atoms with van der Waals surface area (Å²) in [5, 5.41) is 18.4. The molecule has 1 fully saturated rings. The highest BCUT2D eigenvalue weighted by Gasteiger charge is 2.67. The van der Waals surface area contributed by atoms with Crippen molar-refractivity contribution in [2.24, 2.45) is 5.92 Å². The lowest BCUT2D eigenvalue weighted by atomic mass is 9.71. The van der Waals surface area contributed by atoms with Gasteiger partial charge < -0.3 is 15.2 Å². The number of rotatable bonds is 4. The number of aromatic nitrogens is 2. The van der Waals surface area contributed by atoms with Crippen molar-refractivity contribution < 1.29 is 23.8 Å². The first-order chi connectivity index (χ1) is 20.6. The number of fused-ring (bicyclic) bond motifs is 6. The van der Waals surface area contributed by atoms with E-state index in [2.05, 4.69) is 16.3 Å². The first kappa shape index (κ1) is 27.9. The zero-order valence-electron chi connectivity index (χ0n) is 23.3. The summed E-state index contributed by atoms with van der Waals surface area (Å²) in [5.74, 6) is -2.46. The number of benzene rings is 3. The first-order valence-corrected chi connectivity index (χ1v) is 14.7. The van der Waals surface area contributed by atoms with Crippen LogP contribution in [0.5, 0.6) is 5.88 Å². The zero-order chi connectivity index (χ0) is 30.2. The predicted octanol–water partition coefficient (Wildman–Crippen LogP) is 6.47. The molecule has 0 radical (unpaired) electrons. The number of nitrogens with one attached hydrogen (secondary N) is 1. The van der Waals surface area contributed by atoms with E-state index in [9.17, 15) is 14.7 Å². The lowest BCUT2D eigenvalue weighted by Crippen LogP contribution is -2.53. The van der Waals surface area contributed by atoms with E-state index in [0.717, 1.165) is 5.57 Å². The number of carboxylic acid groups (broad SMARTS) is 1. The largest absolute Gasteiger partial charge is 0.478 e. The van der Waals surface area contributed by atoms with Crippen LogP contribution >= 0.6 is 23.2 Å². The molecule has 1 spiro atoms. The molecule has 43 heavy (non-hydrogen) atoms. The molecular weight excluding hydrogens is 594 g/mol. The number of nitrogens with zero attached hydrogens (tertiary/aromatic N) is 3. The third-order valence-electron chi connectivity index (χ3n) is 8.94. The molecule has 220 valence electrons. The molecular formula is C32H27Cl2FN4O4. The van der Waals surface area contributed by atoms with Crippen molar-refractivity contribution in [2.45, 2.75) is 37.9 Å². The van der Waals surface area contributed by atoms with Crippen LogP contribution in [0.2, 0.25) is 10.0 Å². The van der Waals surface area contributed by atoms with Crippen LogP contribution in [0, 0.1) is 11.7 Å². The summed E-state index contributed by atoms with van der Waals surface area (Å²) in [6, 6.07) is 14.6. The number of hydrogen-bond donors (Lipinski definition) is 2. The Balaban J connectivity index is 1.48. The molecule has 8 nitrogen and oxygen atoms in total. The van der Waals surface area contributed by atoms with E-state index in [1.807, 2.05) is 19.9 Å². The van der Waals surface area contributed by atoms with Gasteiger partial charge in [0.15, 0.2) is 0 Å². The number of carbonyl (C=O) groups is 2. The smallest absolute Gasteiger partial charge is 0.335 e. The predicted molar refractivity (Wildman–Crippen MR) is 162 cm³/mol. The topological polar surface area (TPSA) is 96.7 Å². The van der Waals surface area contributed by atoms with Crippen LogP contribution in [-0.2, 0) is 16.9 Å². The quantitative estimate of drug-likeness (QED) is 0.254. The lowest BCUT2D eigenvalue weighted by Gasteiger charge is -2.39. The molecule has 4 atom stereocenters. The van der Waals surface area contributed by atoms with Gasteiger partial charge in [0.25, 0.3) is 0 Å². The molecule has 0 aliphatic carbocycles. The van der Waals surface area contributed by atoms with Crippen LogP contribution in [0.15, 0.2) is 66.2 Å². The number of hydrogen-bond acceptors (Lipinski definition) is 5. The van der Waals surface area contributed by atoms with Crippen LogP contribution in [0.3, 0.4) is 0 Å². The number of carbonyl (C=O) groups excluding carboxylic acids is 1. The average molecular weight is 621 g/mol. The summed E-state index contributed by atoms with van der Waals surface area (Å²) < 4.78 is 24.3. The Morgan fingerprint density at radius 3 is 2.79 bits per heavy atom. The SMILES string of the molecule is CC(C)=CCN1[C@H]2COc3c4ccc(C(=O)O)cc4nn3C[C@H]2[C@H](c2cccc(Cl)c2F)[C@]12C(=O)Nc1cc(Cl)ccc12. The van der Waals surface area contributed by atoms with E-state index in [4.69, 9.17) is 33.0 Å². The Hall–Kier alpha value is -3.92. The summed E-state index contributed by atoms with van der Waals surface area (Å²) in [6.07, 6.45) is 2.06. The molecule has 11 heteroatoms. The number of amides is 1. The van der Waals surface area contributed by atoms with Crippen molar-refractivity contribution in [3.05, 3.63) is 98.8 Å². The molecule has 4 aromatic rings. The Kier molecular flexibility index (Phi) is 6.54. The van der Waals surface area contributed by atoms with Gasteiger partial charge >= 0.3 is 5.97 Å². The summed E-state index contributed by atoms with van der Waals surface area (Å²) in [6.45, 7) is 4.88. The van der Waals surface area contributed by atoms with Crippen molar-refractivity contribution >= 4 is 51.7 Å². The maximum atomic E-state index is 16.1. The average Bonchev–Trinajstić information content (AvgIpc) is 3.49. The summed E-state index contributed by atoms with van der Waals surface area (Å²) in [7, 11) is 0.